The summed E-state index contributed by atoms with van der Waals surface area (Å²) in [7, 11) is 1.56. The summed E-state index contributed by atoms with van der Waals surface area (Å²) in [6, 6.07) is 13.4. The summed E-state index contributed by atoms with van der Waals surface area (Å²) in [6.45, 7) is 4.01. The van der Waals surface area contributed by atoms with Gasteiger partial charge in [-0.05, 0) is 31.5 Å². The largest absolute Gasteiger partial charge is 0.493 e. The maximum atomic E-state index is 12.1. The highest BCUT2D eigenvalue weighted by Crippen LogP contribution is 2.28. The molecule has 134 valence electrons. The van der Waals surface area contributed by atoms with Gasteiger partial charge in [0.2, 0.25) is 0 Å². The fraction of sp³-hybridized carbons (Fsp3) is 0.200. The summed E-state index contributed by atoms with van der Waals surface area (Å²) in [5.41, 5.74) is 4.29. The van der Waals surface area contributed by atoms with Crippen LogP contribution < -0.4 is 14.8 Å². The molecular weight excluding hydrogens is 348 g/mol. The van der Waals surface area contributed by atoms with Crippen molar-refractivity contribution < 1.29 is 14.3 Å². The zero-order valence-electron chi connectivity index (χ0n) is 14.9. The molecule has 0 saturated heterocycles. The fourth-order valence-electron chi connectivity index (χ4n) is 2.59. The van der Waals surface area contributed by atoms with E-state index < -0.39 is 0 Å². The lowest BCUT2D eigenvalue weighted by molar-refractivity contribution is -0.118. The first-order valence-electron chi connectivity index (χ1n) is 8.15. The van der Waals surface area contributed by atoms with Crippen LogP contribution in [0.3, 0.4) is 0 Å². The van der Waals surface area contributed by atoms with Gasteiger partial charge in [0.15, 0.2) is 23.2 Å². The summed E-state index contributed by atoms with van der Waals surface area (Å²) in [4.78, 5) is 16.6. The minimum absolute atomic E-state index is 0.112. The molecule has 26 heavy (non-hydrogen) atoms. The highest BCUT2D eigenvalue weighted by atomic mass is 32.1. The van der Waals surface area contributed by atoms with Crippen LogP contribution in [0.5, 0.6) is 11.5 Å². The number of hydrogen-bond donors (Lipinski definition) is 1. The first-order valence-corrected chi connectivity index (χ1v) is 9.03. The van der Waals surface area contributed by atoms with E-state index in [1.807, 2.05) is 17.5 Å². The van der Waals surface area contributed by atoms with Crippen molar-refractivity contribution in [2.75, 3.05) is 19.0 Å². The van der Waals surface area contributed by atoms with Gasteiger partial charge >= 0.3 is 0 Å². The molecule has 0 aliphatic heterocycles. The molecule has 0 aliphatic carbocycles. The number of carbonyl (C=O) groups is 1. The van der Waals surface area contributed by atoms with E-state index in [0.29, 0.717) is 16.6 Å². The minimum atomic E-state index is -0.266. The number of amides is 1. The number of benzene rings is 2. The molecule has 6 heteroatoms. The van der Waals surface area contributed by atoms with E-state index in [9.17, 15) is 4.79 Å². The number of nitrogens with zero attached hydrogens (tertiary/aromatic N) is 1. The molecule has 1 amide bonds. The zero-order valence-corrected chi connectivity index (χ0v) is 15.7. The van der Waals surface area contributed by atoms with Gasteiger partial charge in [-0.25, -0.2) is 4.98 Å². The van der Waals surface area contributed by atoms with Gasteiger partial charge in [0.25, 0.3) is 5.91 Å². The van der Waals surface area contributed by atoms with Crippen molar-refractivity contribution in [2.24, 2.45) is 0 Å². The van der Waals surface area contributed by atoms with E-state index in [-0.39, 0.29) is 12.5 Å². The molecule has 0 fully saturated rings. The van der Waals surface area contributed by atoms with E-state index in [1.165, 1.54) is 16.9 Å². The number of methoxy groups -OCH3 is 1. The summed E-state index contributed by atoms with van der Waals surface area (Å²) in [5, 5.41) is 5.26. The number of anilines is 1. The van der Waals surface area contributed by atoms with E-state index >= 15 is 0 Å². The number of rotatable bonds is 6. The predicted molar refractivity (Wildman–Crippen MR) is 104 cm³/mol. The number of para-hydroxylation sites is 2. The van der Waals surface area contributed by atoms with Gasteiger partial charge in [-0.1, -0.05) is 35.9 Å². The van der Waals surface area contributed by atoms with E-state index in [2.05, 4.69) is 42.3 Å². The fourth-order valence-corrected chi connectivity index (χ4v) is 3.32. The molecule has 5 nitrogen and oxygen atoms in total. The van der Waals surface area contributed by atoms with Crippen LogP contribution in [0, 0.1) is 13.8 Å². The Morgan fingerprint density at radius 2 is 1.92 bits per heavy atom. The average molecular weight is 368 g/mol. The topological polar surface area (TPSA) is 60.5 Å². The molecule has 0 atom stereocenters. The molecule has 0 radical (unpaired) electrons. The van der Waals surface area contributed by atoms with Gasteiger partial charge < -0.3 is 9.47 Å². The second kappa shape index (κ2) is 8.01. The van der Waals surface area contributed by atoms with Gasteiger partial charge in [-0.15, -0.1) is 11.3 Å². The number of ether oxygens (including phenoxy) is 2. The second-order valence-electron chi connectivity index (χ2n) is 5.84. The maximum absolute atomic E-state index is 12.1. The molecule has 3 rings (SSSR count). The first kappa shape index (κ1) is 17.9. The standard InChI is InChI=1S/C20H20N2O3S/c1-13-8-9-15(14(2)10-13)16-12-26-20(21-16)22-19(23)11-25-18-7-5-4-6-17(18)24-3/h4-10,12H,11H2,1-3H3,(H,21,22,23). The molecule has 0 bridgehead atoms. The summed E-state index contributed by atoms with van der Waals surface area (Å²) < 4.78 is 10.7. The predicted octanol–water partition coefficient (Wildman–Crippen LogP) is 4.45. The van der Waals surface area contributed by atoms with Crippen molar-refractivity contribution in [1.82, 2.24) is 4.98 Å². The Labute approximate surface area is 156 Å². The number of aryl methyl sites for hydroxylation is 2. The Bertz CT molecular complexity index is 921. The van der Waals surface area contributed by atoms with Crippen LogP contribution in [0.25, 0.3) is 11.3 Å². The Morgan fingerprint density at radius 3 is 2.65 bits per heavy atom. The summed E-state index contributed by atoms with van der Waals surface area (Å²) >= 11 is 1.39. The maximum Gasteiger partial charge on any atom is 0.264 e. The molecule has 0 unspecified atom stereocenters. The molecule has 0 saturated carbocycles. The number of thiazole rings is 1. The van der Waals surface area contributed by atoms with Crippen molar-refractivity contribution in [3.8, 4) is 22.8 Å². The van der Waals surface area contributed by atoms with Crippen molar-refractivity contribution in [1.29, 1.82) is 0 Å². The normalized spacial score (nSPS) is 10.4. The van der Waals surface area contributed by atoms with E-state index in [0.717, 1.165) is 16.8 Å². The number of aromatic nitrogens is 1. The molecule has 0 aliphatic rings. The van der Waals surface area contributed by atoms with Gasteiger partial charge in [0, 0.05) is 10.9 Å². The van der Waals surface area contributed by atoms with Crippen LogP contribution in [0.1, 0.15) is 11.1 Å². The van der Waals surface area contributed by atoms with Crippen molar-refractivity contribution in [3.05, 3.63) is 59.0 Å². The van der Waals surface area contributed by atoms with Crippen molar-refractivity contribution in [2.45, 2.75) is 13.8 Å². The second-order valence-corrected chi connectivity index (χ2v) is 6.70. The SMILES string of the molecule is COc1ccccc1OCC(=O)Nc1nc(-c2ccc(C)cc2C)cs1. The Kier molecular flexibility index (Phi) is 5.53. The van der Waals surface area contributed by atoms with Gasteiger partial charge in [-0.2, -0.15) is 0 Å². The lowest BCUT2D eigenvalue weighted by Crippen LogP contribution is -2.20. The van der Waals surface area contributed by atoms with Crippen molar-refractivity contribution >= 4 is 22.4 Å². The molecule has 0 spiro atoms. The third-order valence-corrected chi connectivity index (χ3v) is 4.59. The Balaban J connectivity index is 1.63. The quantitative estimate of drug-likeness (QED) is 0.698. The highest BCUT2D eigenvalue weighted by molar-refractivity contribution is 7.14. The smallest absolute Gasteiger partial charge is 0.264 e. The Hall–Kier alpha value is -2.86. The third-order valence-electron chi connectivity index (χ3n) is 3.84. The van der Waals surface area contributed by atoms with Crippen molar-refractivity contribution in [3.63, 3.8) is 0 Å². The van der Waals surface area contributed by atoms with Gasteiger partial charge in [0.05, 0.1) is 12.8 Å². The number of nitrogens with one attached hydrogen (secondary N) is 1. The zero-order chi connectivity index (χ0) is 18.5. The van der Waals surface area contributed by atoms with Gasteiger partial charge in [0.1, 0.15) is 0 Å². The van der Waals surface area contributed by atoms with E-state index in [4.69, 9.17) is 9.47 Å². The van der Waals surface area contributed by atoms with Crippen LogP contribution in [0.4, 0.5) is 5.13 Å². The van der Waals surface area contributed by atoms with Crippen LogP contribution in [-0.4, -0.2) is 24.6 Å². The summed E-state index contributed by atoms with van der Waals surface area (Å²) in [6.07, 6.45) is 0. The first-order chi connectivity index (χ1) is 12.6. The molecule has 1 aromatic heterocycles. The highest BCUT2D eigenvalue weighted by Gasteiger charge is 2.11. The molecule has 1 N–H and O–H groups in total. The van der Waals surface area contributed by atoms with Crippen LogP contribution >= 0.6 is 11.3 Å². The molecular formula is C20H20N2O3S. The molecule has 3 aromatic rings. The average Bonchev–Trinajstić information content (AvgIpc) is 3.08. The van der Waals surface area contributed by atoms with Crippen LogP contribution in [0.15, 0.2) is 47.8 Å². The monoisotopic (exact) mass is 368 g/mol. The Morgan fingerprint density at radius 1 is 1.15 bits per heavy atom. The van der Waals surface area contributed by atoms with Crippen LogP contribution in [0.2, 0.25) is 0 Å². The molecule has 1 heterocycles. The van der Waals surface area contributed by atoms with Crippen LogP contribution in [-0.2, 0) is 4.79 Å². The van der Waals surface area contributed by atoms with Gasteiger partial charge in [-0.3, -0.25) is 10.1 Å². The molecule has 2 aromatic carbocycles. The lowest BCUT2D eigenvalue weighted by atomic mass is 10.0. The summed E-state index contributed by atoms with van der Waals surface area (Å²) in [5.74, 6) is 0.851. The number of carbonyl (C=O) groups excluding carboxylic acids is 1. The lowest BCUT2D eigenvalue weighted by Gasteiger charge is -2.09. The van der Waals surface area contributed by atoms with E-state index in [1.54, 1.807) is 19.2 Å². The third kappa shape index (κ3) is 4.21. The number of hydrogen-bond acceptors (Lipinski definition) is 5. The minimum Gasteiger partial charge on any atom is -0.493 e.